The van der Waals surface area contributed by atoms with E-state index in [0.717, 1.165) is 13.0 Å². The Kier molecular flexibility index (Phi) is 6.65. The Hall–Kier alpha value is -0.610. The largest absolute Gasteiger partial charge is 0.381 e. The lowest BCUT2D eigenvalue weighted by Gasteiger charge is -2.32. The second-order valence-corrected chi connectivity index (χ2v) is 5.40. The van der Waals surface area contributed by atoms with E-state index >= 15 is 0 Å². The van der Waals surface area contributed by atoms with Crippen LogP contribution in [0.4, 0.5) is 0 Å². The fourth-order valence-corrected chi connectivity index (χ4v) is 2.32. The van der Waals surface area contributed by atoms with Crippen LogP contribution in [0, 0.1) is 5.92 Å². The Morgan fingerprint density at radius 1 is 1.39 bits per heavy atom. The van der Waals surface area contributed by atoms with Crippen molar-refractivity contribution in [3.8, 4) is 0 Å². The van der Waals surface area contributed by atoms with Gasteiger partial charge in [-0.25, -0.2) is 0 Å². The number of unbranched alkanes of at least 4 members (excludes halogenated alkanes) is 1. The highest BCUT2D eigenvalue weighted by atomic mass is 16.5. The van der Waals surface area contributed by atoms with E-state index in [1.165, 1.54) is 19.3 Å². The van der Waals surface area contributed by atoms with Crippen LogP contribution in [-0.4, -0.2) is 31.2 Å². The van der Waals surface area contributed by atoms with E-state index in [1.807, 2.05) is 0 Å². The smallest absolute Gasteiger partial charge is 0.240 e. The third-order valence-corrected chi connectivity index (χ3v) is 3.93. The van der Waals surface area contributed by atoms with Gasteiger partial charge < -0.3 is 15.8 Å². The average Bonchev–Trinajstić information content (AvgIpc) is 2.39. The summed E-state index contributed by atoms with van der Waals surface area (Å²) in [6, 6.07) is 0. The molecule has 0 aromatic carbocycles. The van der Waals surface area contributed by atoms with Crippen LogP contribution in [-0.2, 0) is 9.53 Å². The number of rotatable bonds is 7. The Morgan fingerprint density at radius 3 is 2.61 bits per heavy atom. The van der Waals surface area contributed by atoms with Crippen molar-refractivity contribution in [2.75, 3.05) is 19.8 Å². The molecule has 1 atom stereocenters. The molecule has 4 heteroatoms. The molecule has 1 aliphatic rings. The highest BCUT2D eigenvalue weighted by Gasteiger charge is 2.35. The molecule has 106 valence electrons. The summed E-state index contributed by atoms with van der Waals surface area (Å²) >= 11 is 0. The van der Waals surface area contributed by atoms with E-state index < -0.39 is 5.54 Å². The van der Waals surface area contributed by atoms with Crippen molar-refractivity contribution in [3.63, 3.8) is 0 Å². The lowest BCUT2D eigenvalue weighted by molar-refractivity contribution is -0.129. The monoisotopic (exact) mass is 256 g/mol. The van der Waals surface area contributed by atoms with Gasteiger partial charge in [0.25, 0.3) is 0 Å². The topological polar surface area (TPSA) is 64.4 Å². The minimum absolute atomic E-state index is 0.000693. The van der Waals surface area contributed by atoms with Crippen LogP contribution in [0.15, 0.2) is 0 Å². The van der Waals surface area contributed by atoms with Crippen molar-refractivity contribution >= 4 is 5.91 Å². The van der Waals surface area contributed by atoms with Crippen LogP contribution in [0.25, 0.3) is 0 Å². The predicted molar refractivity (Wildman–Crippen MR) is 73.3 cm³/mol. The van der Waals surface area contributed by atoms with Crippen molar-refractivity contribution < 1.29 is 9.53 Å². The lowest BCUT2D eigenvalue weighted by Crippen LogP contribution is -2.57. The van der Waals surface area contributed by atoms with Crippen molar-refractivity contribution in [1.29, 1.82) is 0 Å². The molecule has 0 saturated carbocycles. The van der Waals surface area contributed by atoms with Crippen molar-refractivity contribution in [2.24, 2.45) is 11.7 Å². The van der Waals surface area contributed by atoms with Gasteiger partial charge in [0.15, 0.2) is 0 Å². The molecule has 1 amide bonds. The zero-order valence-corrected chi connectivity index (χ0v) is 11.8. The molecule has 1 heterocycles. The standard InChI is InChI=1S/C14H28N2O2/c1-3-5-6-12(4-2)11-16-13(17)14(15)7-9-18-10-8-14/h12H,3-11,15H2,1-2H3,(H,16,17). The molecule has 1 fully saturated rings. The molecule has 18 heavy (non-hydrogen) atoms. The number of amides is 1. The van der Waals surface area contributed by atoms with Gasteiger partial charge in [-0.1, -0.05) is 33.1 Å². The van der Waals surface area contributed by atoms with Gasteiger partial charge in [-0.15, -0.1) is 0 Å². The number of carbonyl (C=O) groups excluding carboxylic acids is 1. The number of hydrogen-bond acceptors (Lipinski definition) is 3. The van der Waals surface area contributed by atoms with Gasteiger partial charge in [0, 0.05) is 19.8 Å². The number of hydrogen-bond donors (Lipinski definition) is 2. The van der Waals surface area contributed by atoms with Crippen molar-refractivity contribution in [2.45, 2.75) is 57.9 Å². The van der Waals surface area contributed by atoms with E-state index in [-0.39, 0.29) is 5.91 Å². The predicted octanol–water partition coefficient (Wildman–Crippen LogP) is 1.83. The van der Waals surface area contributed by atoms with Gasteiger partial charge in [0.2, 0.25) is 5.91 Å². The van der Waals surface area contributed by atoms with Gasteiger partial charge in [0.1, 0.15) is 0 Å². The normalized spacial score (nSPS) is 20.4. The maximum Gasteiger partial charge on any atom is 0.240 e. The minimum atomic E-state index is -0.707. The van der Waals surface area contributed by atoms with E-state index in [0.29, 0.717) is 32.0 Å². The van der Waals surface area contributed by atoms with Crippen LogP contribution >= 0.6 is 0 Å². The number of nitrogens with one attached hydrogen (secondary N) is 1. The zero-order valence-electron chi connectivity index (χ0n) is 11.8. The Balaban J connectivity index is 2.34. The van der Waals surface area contributed by atoms with Gasteiger partial charge in [-0.2, -0.15) is 0 Å². The zero-order chi connectivity index (χ0) is 13.4. The van der Waals surface area contributed by atoms with Crippen LogP contribution < -0.4 is 11.1 Å². The second kappa shape index (κ2) is 7.74. The molecule has 0 bridgehead atoms. The van der Waals surface area contributed by atoms with Crippen molar-refractivity contribution in [1.82, 2.24) is 5.32 Å². The van der Waals surface area contributed by atoms with Gasteiger partial charge in [-0.05, 0) is 25.2 Å². The molecule has 0 aromatic heterocycles. The summed E-state index contributed by atoms with van der Waals surface area (Å²) in [6.45, 7) is 6.32. The van der Waals surface area contributed by atoms with E-state index in [9.17, 15) is 4.79 Å². The van der Waals surface area contributed by atoms with Gasteiger partial charge in [0.05, 0.1) is 5.54 Å². The summed E-state index contributed by atoms with van der Waals surface area (Å²) in [4.78, 5) is 12.1. The second-order valence-electron chi connectivity index (χ2n) is 5.40. The molecule has 0 aromatic rings. The summed E-state index contributed by atoms with van der Waals surface area (Å²) in [5, 5.41) is 3.03. The first kappa shape index (κ1) is 15.4. The maximum absolute atomic E-state index is 12.1. The molecule has 1 unspecified atom stereocenters. The molecule has 1 aliphatic heterocycles. The highest BCUT2D eigenvalue weighted by molar-refractivity contribution is 5.86. The SMILES string of the molecule is CCCCC(CC)CNC(=O)C1(N)CCOCC1. The first-order valence-electron chi connectivity index (χ1n) is 7.27. The number of carbonyl (C=O) groups is 1. The summed E-state index contributed by atoms with van der Waals surface area (Å²) in [7, 11) is 0. The quantitative estimate of drug-likeness (QED) is 0.730. The third kappa shape index (κ3) is 4.58. The fraction of sp³-hybridized carbons (Fsp3) is 0.929. The van der Waals surface area contributed by atoms with E-state index in [2.05, 4.69) is 19.2 Å². The Labute approximate surface area is 111 Å². The first-order valence-corrected chi connectivity index (χ1v) is 7.27. The van der Waals surface area contributed by atoms with Crippen molar-refractivity contribution in [3.05, 3.63) is 0 Å². The molecule has 0 aliphatic carbocycles. The summed E-state index contributed by atoms with van der Waals surface area (Å²) in [5.41, 5.74) is 5.43. The molecule has 1 rings (SSSR count). The molecule has 0 radical (unpaired) electrons. The average molecular weight is 256 g/mol. The van der Waals surface area contributed by atoms with E-state index in [4.69, 9.17) is 10.5 Å². The number of nitrogens with two attached hydrogens (primary N) is 1. The molecule has 4 nitrogen and oxygen atoms in total. The number of ether oxygens (including phenoxy) is 1. The van der Waals surface area contributed by atoms with Gasteiger partial charge >= 0.3 is 0 Å². The highest BCUT2D eigenvalue weighted by Crippen LogP contribution is 2.18. The molecule has 0 spiro atoms. The Bertz CT molecular complexity index is 250. The van der Waals surface area contributed by atoms with Crippen LogP contribution in [0.2, 0.25) is 0 Å². The molecular formula is C14H28N2O2. The summed E-state index contributed by atoms with van der Waals surface area (Å²) in [5.74, 6) is 0.582. The minimum Gasteiger partial charge on any atom is -0.381 e. The first-order chi connectivity index (χ1) is 8.62. The lowest BCUT2D eigenvalue weighted by atomic mass is 9.90. The molecular weight excluding hydrogens is 228 g/mol. The van der Waals surface area contributed by atoms with Crippen LogP contribution in [0.5, 0.6) is 0 Å². The van der Waals surface area contributed by atoms with E-state index in [1.54, 1.807) is 0 Å². The molecule has 3 N–H and O–H groups in total. The third-order valence-electron chi connectivity index (χ3n) is 3.93. The molecule has 1 saturated heterocycles. The van der Waals surface area contributed by atoms with Gasteiger partial charge in [-0.3, -0.25) is 4.79 Å². The summed E-state index contributed by atoms with van der Waals surface area (Å²) < 4.78 is 5.25. The fourth-order valence-electron chi connectivity index (χ4n) is 2.32. The van der Waals surface area contributed by atoms with Crippen LogP contribution in [0.1, 0.15) is 52.4 Å². The Morgan fingerprint density at radius 2 is 2.06 bits per heavy atom. The van der Waals surface area contributed by atoms with Crippen LogP contribution in [0.3, 0.4) is 0 Å². The maximum atomic E-state index is 12.1. The summed E-state index contributed by atoms with van der Waals surface area (Å²) in [6.07, 6.45) is 6.00.